The smallest absolute Gasteiger partial charge is 0.112 e. The van der Waals surface area contributed by atoms with Crippen molar-refractivity contribution in [3.8, 4) is 0 Å². The molecule has 2 rings (SSSR count). The molecule has 2 aliphatic rings. The van der Waals surface area contributed by atoms with Gasteiger partial charge in [0.1, 0.15) is 5.76 Å². The lowest BCUT2D eigenvalue weighted by atomic mass is 9.90. The molecule has 2 heterocycles. The average Bonchev–Trinajstić information content (AvgIpc) is 2.79. The summed E-state index contributed by atoms with van der Waals surface area (Å²) < 4.78 is 11.8. The molecule has 3 heteroatoms. The van der Waals surface area contributed by atoms with Crippen LogP contribution in [0.15, 0.2) is 11.8 Å². The van der Waals surface area contributed by atoms with Crippen molar-refractivity contribution >= 4 is 0 Å². The number of rotatable bonds is 5. The minimum atomic E-state index is -0.0850. The molecule has 2 unspecified atom stereocenters. The third kappa shape index (κ3) is 3.02. The third-order valence-corrected chi connectivity index (χ3v) is 3.71. The number of allylic oxidation sites excluding steroid dienone is 1. The molecule has 0 amide bonds. The summed E-state index contributed by atoms with van der Waals surface area (Å²) in [5.74, 6) is 1.11. The summed E-state index contributed by atoms with van der Waals surface area (Å²) in [5, 5.41) is 3.60. The first-order chi connectivity index (χ1) is 8.26. The first kappa shape index (κ1) is 12.9. The van der Waals surface area contributed by atoms with Crippen LogP contribution in [0.3, 0.4) is 0 Å². The fourth-order valence-electron chi connectivity index (χ4n) is 2.71. The number of hydrogen-bond donors (Lipinski definition) is 1. The second-order valence-corrected chi connectivity index (χ2v) is 5.25. The fourth-order valence-corrected chi connectivity index (χ4v) is 2.71. The Labute approximate surface area is 105 Å². The van der Waals surface area contributed by atoms with Gasteiger partial charge in [0.15, 0.2) is 0 Å². The zero-order valence-corrected chi connectivity index (χ0v) is 11.1. The van der Waals surface area contributed by atoms with Gasteiger partial charge in [-0.1, -0.05) is 6.92 Å². The van der Waals surface area contributed by atoms with E-state index < -0.39 is 0 Å². The van der Waals surface area contributed by atoms with Gasteiger partial charge in [0.25, 0.3) is 0 Å². The van der Waals surface area contributed by atoms with Crippen LogP contribution in [-0.2, 0) is 9.47 Å². The second kappa shape index (κ2) is 5.87. The molecular weight excluding hydrogens is 214 g/mol. The Bertz CT molecular complexity index is 269. The Morgan fingerprint density at radius 1 is 1.41 bits per heavy atom. The monoisotopic (exact) mass is 239 g/mol. The van der Waals surface area contributed by atoms with Gasteiger partial charge in [-0.25, -0.2) is 0 Å². The molecule has 2 atom stereocenters. The maximum Gasteiger partial charge on any atom is 0.112 e. The van der Waals surface area contributed by atoms with Crippen LogP contribution >= 0.6 is 0 Å². The molecule has 3 nitrogen and oxygen atoms in total. The van der Waals surface area contributed by atoms with Crippen molar-refractivity contribution in [3.05, 3.63) is 11.8 Å². The van der Waals surface area contributed by atoms with Crippen LogP contribution in [0.25, 0.3) is 0 Å². The van der Waals surface area contributed by atoms with E-state index in [-0.39, 0.29) is 11.6 Å². The van der Waals surface area contributed by atoms with Crippen molar-refractivity contribution in [1.82, 2.24) is 5.32 Å². The highest BCUT2D eigenvalue weighted by atomic mass is 16.5. The van der Waals surface area contributed by atoms with Crippen LogP contribution in [0.5, 0.6) is 0 Å². The topological polar surface area (TPSA) is 30.5 Å². The lowest BCUT2D eigenvalue weighted by Gasteiger charge is -2.36. The van der Waals surface area contributed by atoms with Crippen LogP contribution in [0.1, 0.15) is 46.0 Å². The van der Waals surface area contributed by atoms with Gasteiger partial charge in [-0.15, -0.1) is 0 Å². The normalized spacial score (nSPS) is 30.8. The van der Waals surface area contributed by atoms with Crippen molar-refractivity contribution in [2.24, 2.45) is 0 Å². The molecule has 0 radical (unpaired) electrons. The highest BCUT2D eigenvalue weighted by molar-refractivity contribution is 5.13. The standard InChI is InChI=1S/C14H25NO2/c1-3-9-15-13(12-7-4-5-10-16-12)14(2)8-6-11-17-14/h7,13,15H,3-6,8-11H2,1-2H3. The van der Waals surface area contributed by atoms with E-state index in [0.29, 0.717) is 0 Å². The minimum Gasteiger partial charge on any atom is -0.496 e. The first-order valence-electron chi connectivity index (χ1n) is 6.96. The van der Waals surface area contributed by atoms with E-state index in [9.17, 15) is 0 Å². The van der Waals surface area contributed by atoms with Gasteiger partial charge in [-0.2, -0.15) is 0 Å². The molecule has 0 saturated carbocycles. The molecule has 0 aromatic rings. The predicted octanol–water partition coefficient (Wildman–Crippen LogP) is 2.62. The molecule has 98 valence electrons. The van der Waals surface area contributed by atoms with E-state index >= 15 is 0 Å². The molecule has 0 aliphatic carbocycles. The Kier molecular flexibility index (Phi) is 4.46. The quantitative estimate of drug-likeness (QED) is 0.800. The Morgan fingerprint density at radius 2 is 2.29 bits per heavy atom. The van der Waals surface area contributed by atoms with Crippen molar-refractivity contribution in [2.75, 3.05) is 19.8 Å². The average molecular weight is 239 g/mol. The van der Waals surface area contributed by atoms with Crippen LogP contribution in [0.2, 0.25) is 0 Å². The minimum absolute atomic E-state index is 0.0850. The molecule has 1 fully saturated rings. The maximum atomic E-state index is 5.97. The maximum absolute atomic E-state index is 5.97. The summed E-state index contributed by atoms with van der Waals surface area (Å²) in [6.45, 7) is 7.16. The van der Waals surface area contributed by atoms with E-state index in [1.54, 1.807) is 0 Å². The molecule has 17 heavy (non-hydrogen) atoms. The van der Waals surface area contributed by atoms with E-state index in [1.165, 1.54) is 0 Å². The first-order valence-corrected chi connectivity index (χ1v) is 6.96. The summed E-state index contributed by atoms with van der Waals surface area (Å²) in [7, 11) is 0. The van der Waals surface area contributed by atoms with E-state index in [2.05, 4.69) is 25.2 Å². The molecule has 0 aromatic carbocycles. The highest BCUT2D eigenvalue weighted by Gasteiger charge is 2.41. The fraction of sp³-hybridized carbons (Fsp3) is 0.857. The summed E-state index contributed by atoms with van der Waals surface area (Å²) in [5.41, 5.74) is -0.0850. The Balaban J connectivity index is 2.08. The highest BCUT2D eigenvalue weighted by Crippen LogP contribution is 2.33. The molecular formula is C14H25NO2. The number of nitrogens with one attached hydrogen (secondary N) is 1. The van der Waals surface area contributed by atoms with Crippen molar-refractivity contribution < 1.29 is 9.47 Å². The van der Waals surface area contributed by atoms with Gasteiger partial charge in [0.2, 0.25) is 0 Å². The molecule has 0 spiro atoms. The second-order valence-electron chi connectivity index (χ2n) is 5.25. The van der Waals surface area contributed by atoms with E-state index in [0.717, 1.165) is 57.6 Å². The van der Waals surface area contributed by atoms with Crippen LogP contribution in [0, 0.1) is 0 Å². The lowest BCUT2D eigenvalue weighted by Crippen LogP contribution is -2.50. The van der Waals surface area contributed by atoms with Crippen molar-refractivity contribution in [2.45, 2.75) is 57.6 Å². The van der Waals surface area contributed by atoms with Crippen LogP contribution in [0.4, 0.5) is 0 Å². The van der Waals surface area contributed by atoms with E-state index in [1.807, 2.05) is 0 Å². The van der Waals surface area contributed by atoms with Crippen molar-refractivity contribution in [3.63, 3.8) is 0 Å². The van der Waals surface area contributed by atoms with Crippen molar-refractivity contribution in [1.29, 1.82) is 0 Å². The van der Waals surface area contributed by atoms with Gasteiger partial charge in [0.05, 0.1) is 18.2 Å². The SMILES string of the molecule is CCCNC(C1=CCCCO1)C1(C)CCCO1. The van der Waals surface area contributed by atoms with Gasteiger partial charge >= 0.3 is 0 Å². The largest absolute Gasteiger partial charge is 0.496 e. The molecule has 1 N–H and O–H groups in total. The molecule has 1 saturated heterocycles. The van der Waals surface area contributed by atoms with Gasteiger partial charge < -0.3 is 14.8 Å². The lowest BCUT2D eigenvalue weighted by molar-refractivity contribution is -0.0194. The van der Waals surface area contributed by atoms with Crippen LogP contribution < -0.4 is 5.32 Å². The van der Waals surface area contributed by atoms with E-state index in [4.69, 9.17) is 9.47 Å². The third-order valence-electron chi connectivity index (χ3n) is 3.71. The van der Waals surface area contributed by atoms with Gasteiger partial charge in [-0.3, -0.25) is 0 Å². The summed E-state index contributed by atoms with van der Waals surface area (Å²) in [6.07, 6.45) is 7.93. The van der Waals surface area contributed by atoms with Gasteiger partial charge in [0, 0.05) is 6.61 Å². The molecule has 0 aromatic heterocycles. The Morgan fingerprint density at radius 3 is 2.88 bits per heavy atom. The zero-order chi connectivity index (χ0) is 12.1. The zero-order valence-electron chi connectivity index (χ0n) is 11.1. The number of hydrogen-bond acceptors (Lipinski definition) is 3. The summed E-state index contributed by atoms with van der Waals surface area (Å²) in [4.78, 5) is 0. The number of ether oxygens (including phenoxy) is 2. The summed E-state index contributed by atoms with van der Waals surface area (Å²) >= 11 is 0. The molecule has 0 bridgehead atoms. The van der Waals surface area contributed by atoms with Gasteiger partial charge in [-0.05, 0) is 51.6 Å². The van der Waals surface area contributed by atoms with Crippen LogP contribution in [-0.4, -0.2) is 31.4 Å². The summed E-state index contributed by atoms with van der Waals surface area (Å²) in [6, 6.07) is 0.227. The Hall–Kier alpha value is -0.540. The molecule has 2 aliphatic heterocycles. The predicted molar refractivity (Wildman–Crippen MR) is 68.9 cm³/mol.